The van der Waals surface area contributed by atoms with Crippen molar-refractivity contribution >= 4 is 29.1 Å². The Bertz CT molecular complexity index is 1570. The Kier molecular flexibility index (Phi) is 7.90. The van der Waals surface area contributed by atoms with Crippen LogP contribution in [0.25, 0.3) is 5.76 Å². The van der Waals surface area contributed by atoms with Crippen LogP contribution in [-0.4, -0.2) is 98.8 Å². The summed E-state index contributed by atoms with van der Waals surface area (Å²) < 4.78 is 46.2. The van der Waals surface area contributed by atoms with Gasteiger partial charge in [0.15, 0.2) is 11.4 Å². The van der Waals surface area contributed by atoms with Crippen molar-refractivity contribution in [1.82, 2.24) is 9.80 Å². The number of aliphatic hydroxyl groups excluding tert-OH is 2. The smallest absolute Gasteiger partial charge is 0.508 e. The fourth-order valence-corrected chi connectivity index (χ4v) is 7.47. The van der Waals surface area contributed by atoms with E-state index in [1.807, 2.05) is 0 Å². The molecule has 8 N–H and O–H groups in total. The first-order chi connectivity index (χ1) is 20.9. The first-order valence-electron chi connectivity index (χ1n) is 14.2. The third kappa shape index (κ3) is 4.91. The number of hydrogen-bond acceptors (Lipinski definition) is 11. The largest absolute Gasteiger partial charge is 0.573 e. The van der Waals surface area contributed by atoms with Crippen molar-refractivity contribution in [2.24, 2.45) is 23.3 Å². The summed E-state index contributed by atoms with van der Waals surface area (Å²) in [6.07, 6.45) is -4.67. The van der Waals surface area contributed by atoms with E-state index >= 15 is 0 Å². The van der Waals surface area contributed by atoms with Crippen LogP contribution in [0.4, 0.5) is 13.2 Å². The molecular formula is C29H33F3N4O9. The van der Waals surface area contributed by atoms with Crippen LogP contribution in [0, 0.1) is 11.8 Å². The summed E-state index contributed by atoms with van der Waals surface area (Å²) in [6, 6.07) is -1.40. The lowest BCUT2D eigenvalue weighted by atomic mass is 9.57. The van der Waals surface area contributed by atoms with E-state index in [9.17, 15) is 52.8 Å². The SMILES string of the molecule is CN(C)[C@@H]1C(=O)C(C(N)=O)=C(O)[C@@]2(O)C(=O)C3=C(O)c4c(O)cc(C5CCCCN5C(=O)CN)c(OC(F)(F)F)c4C[C@H]3C[C@@H]12. The van der Waals surface area contributed by atoms with Crippen LogP contribution in [0.1, 0.15) is 48.4 Å². The predicted molar refractivity (Wildman–Crippen MR) is 148 cm³/mol. The van der Waals surface area contributed by atoms with Gasteiger partial charge in [-0.3, -0.25) is 24.1 Å². The average molecular weight is 639 g/mol. The number of ether oxygens (including phenoxy) is 1. The topological polar surface area (TPSA) is 217 Å². The van der Waals surface area contributed by atoms with Crippen LogP contribution < -0.4 is 16.2 Å². The molecule has 1 saturated carbocycles. The number of rotatable bonds is 5. The number of nitrogens with zero attached hydrogens (tertiary/aromatic N) is 2. The van der Waals surface area contributed by atoms with E-state index in [4.69, 9.17) is 11.5 Å². The molecule has 13 nitrogen and oxygen atoms in total. The molecule has 0 aromatic heterocycles. The van der Waals surface area contributed by atoms with E-state index in [0.29, 0.717) is 12.8 Å². The van der Waals surface area contributed by atoms with Gasteiger partial charge in [-0.25, -0.2) is 0 Å². The van der Waals surface area contributed by atoms with Crippen molar-refractivity contribution in [2.75, 3.05) is 27.2 Å². The minimum atomic E-state index is -5.24. The molecule has 1 aromatic rings. The number of carbonyl (C=O) groups is 4. The zero-order valence-electron chi connectivity index (χ0n) is 24.3. The maximum Gasteiger partial charge on any atom is 0.573 e. The molecule has 0 radical (unpaired) electrons. The molecule has 45 heavy (non-hydrogen) atoms. The maximum absolute atomic E-state index is 14.0. The van der Waals surface area contributed by atoms with Crippen LogP contribution in [0.15, 0.2) is 23.0 Å². The molecule has 1 saturated heterocycles. The highest BCUT2D eigenvalue weighted by Crippen LogP contribution is 2.55. The number of ketones is 2. The number of fused-ring (bicyclic) bond motifs is 3. The van der Waals surface area contributed by atoms with E-state index in [0.717, 1.165) is 6.07 Å². The Labute approximate surface area is 254 Å². The van der Waals surface area contributed by atoms with Crippen LogP contribution in [-0.2, 0) is 25.6 Å². The van der Waals surface area contributed by atoms with E-state index in [1.54, 1.807) is 0 Å². The lowest BCUT2D eigenvalue weighted by Gasteiger charge is -2.50. The second-order valence-corrected chi connectivity index (χ2v) is 12.0. The number of likely N-dealkylation sites (N-methyl/N-ethyl adjacent to an activating group) is 1. The number of aliphatic hydroxyl groups is 3. The minimum absolute atomic E-state index is 0.175. The van der Waals surface area contributed by atoms with Crippen molar-refractivity contribution in [3.63, 3.8) is 0 Å². The average Bonchev–Trinajstić information content (AvgIpc) is 2.94. The summed E-state index contributed by atoms with van der Waals surface area (Å²) in [5.74, 6) is -10.5. The molecule has 244 valence electrons. The third-order valence-corrected chi connectivity index (χ3v) is 9.27. The number of amides is 2. The van der Waals surface area contributed by atoms with Crippen LogP contribution in [0.3, 0.4) is 0 Å². The Balaban J connectivity index is 1.74. The Morgan fingerprint density at radius 2 is 1.84 bits per heavy atom. The summed E-state index contributed by atoms with van der Waals surface area (Å²) >= 11 is 0. The molecule has 16 heteroatoms. The third-order valence-electron chi connectivity index (χ3n) is 9.27. The van der Waals surface area contributed by atoms with Gasteiger partial charge in [0, 0.05) is 29.2 Å². The highest BCUT2D eigenvalue weighted by Gasteiger charge is 2.64. The van der Waals surface area contributed by atoms with Crippen molar-refractivity contribution in [1.29, 1.82) is 0 Å². The summed E-state index contributed by atoms with van der Waals surface area (Å²) in [5.41, 5.74) is 5.39. The lowest BCUT2D eigenvalue weighted by Crippen LogP contribution is -2.65. The lowest BCUT2D eigenvalue weighted by molar-refractivity contribution is -0.275. The molecule has 1 aromatic carbocycles. The molecule has 1 heterocycles. The van der Waals surface area contributed by atoms with Gasteiger partial charge in [0.2, 0.25) is 11.7 Å². The summed E-state index contributed by atoms with van der Waals surface area (Å²) in [5, 5.41) is 45.2. The van der Waals surface area contributed by atoms with E-state index in [-0.39, 0.29) is 30.5 Å². The molecule has 4 aliphatic rings. The highest BCUT2D eigenvalue weighted by molar-refractivity contribution is 6.24. The molecule has 5 atom stereocenters. The van der Waals surface area contributed by atoms with Crippen molar-refractivity contribution in [2.45, 2.75) is 56.2 Å². The summed E-state index contributed by atoms with van der Waals surface area (Å²) in [7, 11) is 2.84. The number of alkyl halides is 3. The minimum Gasteiger partial charge on any atom is -0.508 e. The second-order valence-electron chi connectivity index (χ2n) is 12.0. The van der Waals surface area contributed by atoms with Crippen molar-refractivity contribution in [3.05, 3.63) is 39.7 Å². The van der Waals surface area contributed by atoms with E-state index < -0.39 is 112 Å². The summed E-state index contributed by atoms with van der Waals surface area (Å²) in [4.78, 5) is 54.6. The van der Waals surface area contributed by atoms with E-state index in [1.165, 1.54) is 23.9 Å². The fourth-order valence-electron chi connectivity index (χ4n) is 7.47. The fraction of sp³-hybridized carbons (Fsp3) is 0.517. The Morgan fingerprint density at radius 1 is 1.18 bits per heavy atom. The van der Waals surface area contributed by atoms with Gasteiger partial charge in [0.25, 0.3) is 5.91 Å². The number of likely N-dealkylation sites (tertiary alicyclic amines) is 1. The van der Waals surface area contributed by atoms with Crippen LogP contribution in [0.5, 0.6) is 11.5 Å². The van der Waals surface area contributed by atoms with Gasteiger partial charge < -0.3 is 41.5 Å². The quantitative estimate of drug-likeness (QED) is 0.249. The Hall–Kier alpha value is -4.15. The number of phenols is 1. The molecule has 1 unspecified atom stereocenters. The second kappa shape index (κ2) is 11.0. The molecule has 0 bridgehead atoms. The van der Waals surface area contributed by atoms with Gasteiger partial charge >= 0.3 is 6.36 Å². The van der Waals surface area contributed by atoms with Crippen molar-refractivity contribution < 1.29 is 57.5 Å². The number of aromatic hydroxyl groups is 1. The molecule has 1 aliphatic heterocycles. The van der Waals surface area contributed by atoms with Gasteiger partial charge in [-0.2, -0.15) is 0 Å². The number of nitrogens with two attached hydrogens (primary N) is 2. The normalized spacial score (nSPS) is 28.6. The Morgan fingerprint density at radius 3 is 2.42 bits per heavy atom. The number of Topliss-reactive ketones (excluding diaryl/α,β-unsaturated/α-hetero) is 2. The zero-order valence-corrected chi connectivity index (χ0v) is 24.3. The molecule has 5 rings (SSSR count). The van der Waals surface area contributed by atoms with Gasteiger partial charge in [-0.05, 0) is 58.2 Å². The molecule has 3 aliphatic carbocycles. The molecule has 0 spiro atoms. The number of piperidine rings is 1. The summed E-state index contributed by atoms with van der Waals surface area (Å²) in [6.45, 7) is -0.213. The number of phenolic OH excluding ortho intramolecular Hbond substituents is 1. The van der Waals surface area contributed by atoms with Gasteiger partial charge in [0.1, 0.15) is 28.6 Å². The molecule has 2 fully saturated rings. The molecular weight excluding hydrogens is 605 g/mol. The van der Waals surface area contributed by atoms with Crippen LogP contribution in [0.2, 0.25) is 0 Å². The standard InChI is InChI=1S/C29H33F3N4O9/c1-35(2)21-14-8-11-7-13-19(22(39)18(11)25(41)28(14,44)26(42)20(23(21)40)27(34)43)16(37)9-12(24(13)45-29(30,31)32)15-5-3-4-6-36(15)17(38)10-33/h9,11,14-15,21,37,39,42,44H,3-8,10,33H2,1-2H3,(H2,34,43)/t11-,14-,15?,21-,28-/m0/s1. The van der Waals surface area contributed by atoms with Gasteiger partial charge in [-0.1, -0.05) is 0 Å². The number of hydrogen-bond donors (Lipinski definition) is 6. The molecule has 2 amide bonds. The monoisotopic (exact) mass is 638 g/mol. The number of primary amides is 1. The first-order valence-corrected chi connectivity index (χ1v) is 14.2. The van der Waals surface area contributed by atoms with Crippen LogP contribution >= 0.6 is 0 Å². The highest BCUT2D eigenvalue weighted by atomic mass is 19.4. The predicted octanol–water partition coefficient (Wildman–Crippen LogP) is 0.875. The van der Waals surface area contributed by atoms with Gasteiger partial charge in [-0.15, -0.1) is 13.2 Å². The number of carbonyl (C=O) groups excluding carboxylic acids is 4. The van der Waals surface area contributed by atoms with E-state index in [2.05, 4.69) is 4.74 Å². The first kappa shape index (κ1) is 32.2. The number of benzene rings is 1. The zero-order chi connectivity index (χ0) is 33.3. The van der Waals surface area contributed by atoms with Crippen molar-refractivity contribution in [3.8, 4) is 11.5 Å². The number of halogens is 3. The maximum atomic E-state index is 14.0. The van der Waals surface area contributed by atoms with Gasteiger partial charge in [0.05, 0.1) is 24.2 Å².